The summed E-state index contributed by atoms with van der Waals surface area (Å²) < 4.78 is 0. The topological polar surface area (TPSA) is 106 Å². The molecule has 2 heterocycles. The lowest BCUT2D eigenvalue weighted by atomic mass is 10.1. The van der Waals surface area contributed by atoms with Crippen LogP contribution in [0.25, 0.3) is 10.4 Å². The van der Waals surface area contributed by atoms with Gasteiger partial charge in [-0.05, 0) is 11.4 Å². The average Bonchev–Trinajstić information content (AvgIpc) is 2.92. The Hall–Kier alpha value is -2.10. The van der Waals surface area contributed by atoms with Gasteiger partial charge in [-0.25, -0.2) is 4.98 Å². The lowest BCUT2D eigenvalue weighted by molar-refractivity contribution is -0.117. The molecule has 0 radical (unpaired) electrons. The molecule has 0 saturated carbocycles. The highest BCUT2D eigenvalue weighted by molar-refractivity contribution is 7.16. The van der Waals surface area contributed by atoms with Crippen LogP contribution in [0.1, 0.15) is 11.3 Å². The zero-order valence-corrected chi connectivity index (χ0v) is 9.59. The van der Waals surface area contributed by atoms with E-state index >= 15 is 0 Å². The number of amides is 1. The highest BCUT2D eigenvalue weighted by Gasteiger charge is 2.31. The van der Waals surface area contributed by atoms with Crippen molar-refractivity contribution >= 4 is 22.4 Å². The number of hydrogen-bond acceptors (Lipinski definition) is 5. The van der Waals surface area contributed by atoms with Gasteiger partial charge in [0.1, 0.15) is 10.9 Å². The van der Waals surface area contributed by atoms with Crippen LogP contribution in [0, 0.1) is 17.2 Å². The molecule has 0 aliphatic carbocycles. The highest BCUT2D eigenvalue weighted by Crippen LogP contribution is 2.28. The Morgan fingerprint density at radius 2 is 2.65 bits per heavy atom. The second-order valence-electron chi connectivity index (χ2n) is 3.61. The molecule has 1 aliphatic rings. The smallest absolute Gasteiger partial charge is 0.229 e. The number of nitrogens with zero attached hydrogens (tertiary/aromatic N) is 6. The number of azide groups is 1. The lowest BCUT2D eigenvalue weighted by Gasteiger charge is -2.11. The molecule has 86 valence electrons. The van der Waals surface area contributed by atoms with Crippen LogP contribution >= 0.6 is 11.3 Å². The number of rotatable bonds is 3. The monoisotopic (exact) mass is 248 g/mol. The van der Waals surface area contributed by atoms with E-state index in [1.807, 2.05) is 6.07 Å². The van der Waals surface area contributed by atoms with Gasteiger partial charge in [-0.2, -0.15) is 5.26 Å². The van der Waals surface area contributed by atoms with Gasteiger partial charge in [-0.15, -0.1) is 0 Å². The third-order valence-electron chi connectivity index (χ3n) is 2.44. The van der Waals surface area contributed by atoms with Gasteiger partial charge in [0.15, 0.2) is 5.13 Å². The van der Waals surface area contributed by atoms with E-state index in [9.17, 15) is 4.79 Å². The van der Waals surface area contributed by atoms with Crippen molar-refractivity contribution in [1.29, 1.82) is 5.26 Å². The number of carbonyl (C=O) groups is 1. The molecule has 1 saturated heterocycles. The summed E-state index contributed by atoms with van der Waals surface area (Å²) in [4.78, 5) is 20.5. The predicted octanol–water partition coefficient (Wildman–Crippen LogP) is 1.68. The predicted molar refractivity (Wildman–Crippen MR) is 61.3 cm³/mol. The number of thiazole rings is 1. The Labute approximate surface area is 101 Å². The largest absolute Gasteiger partial charge is 0.288 e. The summed E-state index contributed by atoms with van der Waals surface area (Å²) in [5.41, 5.74) is 8.22. The minimum absolute atomic E-state index is 0.0350. The van der Waals surface area contributed by atoms with Crippen LogP contribution in [0.15, 0.2) is 11.3 Å². The van der Waals surface area contributed by atoms with Gasteiger partial charge in [0, 0.05) is 24.4 Å². The highest BCUT2D eigenvalue weighted by atomic mass is 32.1. The first-order chi connectivity index (χ1) is 8.24. The van der Waals surface area contributed by atoms with Gasteiger partial charge in [0.2, 0.25) is 5.91 Å². The van der Waals surface area contributed by atoms with Crippen molar-refractivity contribution in [3.05, 3.63) is 21.5 Å². The number of aromatic nitrogens is 1. The maximum Gasteiger partial charge on any atom is 0.229 e. The Morgan fingerprint density at radius 3 is 3.29 bits per heavy atom. The summed E-state index contributed by atoms with van der Waals surface area (Å²) in [6.07, 6.45) is 1.81. The van der Waals surface area contributed by atoms with E-state index in [1.54, 1.807) is 4.90 Å². The standard InChI is InChI=1S/C9H8N6OS/c10-2-7-4-12-9(17-7)15-5-6(1-8(15)16)3-13-14-11/h4,6H,1,3,5H2. The van der Waals surface area contributed by atoms with Gasteiger partial charge < -0.3 is 0 Å². The molecule has 0 bridgehead atoms. The van der Waals surface area contributed by atoms with Crippen molar-refractivity contribution in [2.75, 3.05) is 18.0 Å². The summed E-state index contributed by atoms with van der Waals surface area (Å²) in [7, 11) is 0. The minimum Gasteiger partial charge on any atom is -0.288 e. The average molecular weight is 248 g/mol. The summed E-state index contributed by atoms with van der Waals surface area (Å²) in [6, 6.07) is 1.98. The zero-order valence-electron chi connectivity index (χ0n) is 8.78. The molecule has 0 spiro atoms. The first-order valence-electron chi connectivity index (χ1n) is 4.91. The van der Waals surface area contributed by atoms with Crippen LogP contribution in [-0.2, 0) is 4.79 Å². The quantitative estimate of drug-likeness (QED) is 0.461. The number of anilines is 1. The molecule has 17 heavy (non-hydrogen) atoms. The van der Waals surface area contributed by atoms with E-state index < -0.39 is 0 Å². The van der Waals surface area contributed by atoms with Crippen molar-refractivity contribution in [3.8, 4) is 6.07 Å². The summed E-state index contributed by atoms with van der Waals surface area (Å²) in [5, 5.41) is 12.7. The zero-order chi connectivity index (χ0) is 12.3. The molecular formula is C9H8N6OS. The summed E-state index contributed by atoms with van der Waals surface area (Å²) in [6.45, 7) is 0.811. The van der Waals surface area contributed by atoms with Gasteiger partial charge in [-0.3, -0.25) is 9.69 Å². The fraction of sp³-hybridized carbons (Fsp3) is 0.444. The number of nitriles is 1. The third-order valence-corrected chi connectivity index (χ3v) is 3.37. The van der Waals surface area contributed by atoms with Crippen LogP contribution in [-0.4, -0.2) is 24.0 Å². The lowest BCUT2D eigenvalue weighted by Crippen LogP contribution is -2.24. The van der Waals surface area contributed by atoms with E-state index in [0.717, 1.165) is 0 Å². The van der Waals surface area contributed by atoms with Gasteiger partial charge in [0.05, 0.1) is 6.20 Å². The minimum atomic E-state index is -0.0398. The van der Waals surface area contributed by atoms with Crippen molar-refractivity contribution in [3.63, 3.8) is 0 Å². The van der Waals surface area contributed by atoms with Crippen molar-refractivity contribution in [1.82, 2.24) is 4.98 Å². The molecule has 1 atom stereocenters. The van der Waals surface area contributed by atoms with Crippen LogP contribution in [0.4, 0.5) is 5.13 Å². The SMILES string of the molecule is N#Cc1cnc(N2CC(CN=[N+]=[N-])CC2=O)s1. The Balaban J connectivity index is 2.10. The van der Waals surface area contributed by atoms with Crippen molar-refractivity contribution < 1.29 is 4.79 Å². The van der Waals surface area contributed by atoms with Crippen LogP contribution in [0.2, 0.25) is 0 Å². The van der Waals surface area contributed by atoms with E-state index in [-0.39, 0.29) is 11.8 Å². The molecule has 1 amide bonds. The summed E-state index contributed by atoms with van der Waals surface area (Å²) >= 11 is 1.19. The molecule has 8 heteroatoms. The second-order valence-corrected chi connectivity index (χ2v) is 4.62. The molecule has 2 rings (SSSR count). The van der Waals surface area contributed by atoms with Crippen LogP contribution < -0.4 is 4.90 Å². The fourth-order valence-electron chi connectivity index (χ4n) is 1.68. The maximum atomic E-state index is 11.7. The number of hydrogen-bond donors (Lipinski definition) is 0. The van der Waals surface area contributed by atoms with Gasteiger partial charge in [-0.1, -0.05) is 16.5 Å². The molecule has 1 unspecified atom stereocenters. The van der Waals surface area contributed by atoms with Crippen molar-refractivity contribution in [2.45, 2.75) is 6.42 Å². The van der Waals surface area contributed by atoms with E-state index in [0.29, 0.717) is 29.5 Å². The molecule has 1 aliphatic heterocycles. The molecule has 1 fully saturated rings. The molecule has 0 aromatic carbocycles. The molecule has 1 aromatic heterocycles. The van der Waals surface area contributed by atoms with E-state index in [2.05, 4.69) is 15.0 Å². The first-order valence-corrected chi connectivity index (χ1v) is 5.73. The fourth-order valence-corrected chi connectivity index (χ4v) is 2.42. The number of carbonyl (C=O) groups excluding carboxylic acids is 1. The normalized spacial score (nSPS) is 18.9. The van der Waals surface area contributed by atoms with Gasteiger partial charge >= 0.3 is 0 Å². The first kappa shape index (κ1) is 11.4. The Kier molecular flexibility index (Phi) is 3.23. The molecule has 7 nitrogen and oxygen atoms in total. The molecule has 1 aromatic rings. The Bertz CT molecular complexity index is 526. The van der Waals surface area contributed by atoms with E-state index in [4.69, 9.17) is 10.8 Å². The second kappa shape index (κ2) is 4.82. The summed E-state index contributed by atoms with van der Waals surface area (Å²) in [5.74, 6) is -0.00480. The third kappa shape index (κ3) is 2.36. The molecular weight excluding hydrogens is 240 g/mol. The molecule has 0 N–H and O–H groups in total. The Morgan fingerprint density at radius 1 is 1.82 bits per heavy atom. The van der Waals surface area contributed by atoms with Crippen molar-refractivity contribution in [2.24, 2.45) is 11.0 Å². The van der Waals surface area contributed by atoms with Gasteiger partial charge in [0.25, 0.3) is 0 Å². The van der Waals surface area contributed by atoms with E-state index in [1.165, 1.54) is 17.5 Å². The van der Waals surface area contributed by atoms with Crippen LogP contribution in [0.3, 0.4) is 0 Å². The maximum absolute atomic E-state index is 11.7. The van der Waals surface area contributed by atoms with Crippen LogP contribution in [0.5, 0.6) is 0 Å².